The zero-order valence-electron chi connectivity index (χ0n) is 11.6. The van der Waals surface area contributed by atoms with Crippen molar-refractivity contribution < 1.29 is 4.79 Å². The van der Waals surface area contributed by atoms with Gasteiger partial charge in [0.05, 0.1) is 6.54 Å². The molecule has 1 N–H and O–H groups in total. The van der Waals surface area contributed by atoms with Crippen molar-refractivity contribution >= 4 is 23.2 Å². The van der Waals surface area contributed by atoms with Crippen LogP contribution in [0.2, 0.25) is 5.02 Å². The van der Waals surface area contributed by atoms with E-state index in [1.165, 1.54) is 12.8 Å². The summed E-state index contributed by atoms with van der Waals surface area (Å²) < 4.78 is 0. The zero-order chi connectivity index (χ0) is 13.8. The van der Waals surface area contributed by atoms with Crippen molar-refractivity contribution in [1.82, 2.24) is 4.90 Å². The molecule has 0 atom stereocenters. The van der Waals surface area contributed by atoms with Crippen LogP contribution in [0.1, 0.15) is 25.3 Å². The summed E-state index contributed by atoms with van der Waals surface area (Å²) in [6, 6.07) is 5.51. The van der Waals surface area contributed by atoms with Gasteiger partial charge in [-0.1, -0.05) is 18.5 Å². The van der Waals surface area contributed by atoms with E-state index in [1.807, 2.05) is 19.1 Å². The maximum absolute atomic E-state index is 12.0. The van der Waals surface area contributed by atoms with Crippen molar-refractivity contribution in [3.8, 4) is 0 Å². The lowest BCUT2D eigenvalue weighted by atomic mass is 9.99. The average molecular weight is 281 g/mol. The summed E-state index contributed by atoms with van der Waals surface area (Å²) in [5, 5.41) is 3.65. The zero-order valence-corrected chi connectivity index (χ0v) is 12.3. The largest absolute Gasteiger partial charge is 0.325 e. The number of rotatable bonds is 3. The molecular formula is C15H21ClN2O. The van der Waals surface area contributed by atoms with Crippen LogP contribution in [0.15, 0.2) is 18.2 Å². The Morgan fingerprint density at radius 3 is 2.74 bits per heavy atom. The second kappa shape index (κ2) is 6.40. The predicted molar refractivity (Wildman–Crippen MR) is 79.7 cm³/mol. The molecule has 104 valence electrons. The molecule has 0 radical (unpaired) electrons. The minimum absolute atomic E-state index is 0.0555. The van der Waals surface area contributed by atoms with Crippen molar-refractivity contribution in [2.45, 2.75) is 26.7 Å². The van der Waals surface area contributed by atoms with Gasteiger partial charge in [-0.3, -0.25) is 9.69 Å². The van der Waals surface area contributed by atoms with Crippen LogP contribution in [-0.2, 0) is 4.79 Å². The molecular weight excluding hydrogens is 260 g/mol. The number of likely N-dealkylation sites (tertiary alicyclic amines) is 1. The number of hydrogen-bond donors (Lipinski definition) is 1. The van der Waals surface area contributed by atoms with Gasteiger partial charge in [-0.25, -0.2) is 0 Å². The second-order valence-corrected chi connectivity index (χ2v) is 5.90. The lowest BCUT2D eigenvalue weighted by molar-refractivity contribution is -0.117. The topological polar surface area (TPSA) is 32.3 Å². The van der Waals surface area contributed by atoms with Crippen LogP contribution in [0, 0.1) is 12.8 Å². The number of hydrogen-bond acceptors (Lipinski definition) is 2. The number of piperidine rings is 1. The Balaban J connectivity index is 1.87. The van der Waals surface area contributed by atoms with Crippen LogP contribution in [0.5, 0.6) is 0 Å². The van der Waals surface area contributed by atoms with Gasteiger partial charge in [-0.05, 0) is 62.5 Å². The molecule has 1 aromatic rings. The summed E-state index contributed by atoms with van der Waals surface area (Å²) >= 11 is 5.90. The molecule has 0 aliphatic carbocycles. The number of nitrogens with zero attached hydrogens (tertiary/aromatic N) is 1. The number of anilines is 1. The van der Waals surface area contributed by atoms with Gasteiger partial charge in [0, 0.05) is 10.7 Å². The SMILES string of the molecule is Cc1cc(Cl)ccc1NC(=O)CN1CCC(C)CC1. The maximum Gasteiger partial charge on any atom is 0.238 e. The maximum atomic E-state index is 12.0. The fraction of sp³-hybridized carbons (Fsp3) is 0.533. The first-order valence-corrected chi connectivity index (χ1v) is 7.21. The van der Waals surface area contributed by atoms with Gasteiger partial charge in [0.2, 0.25) is 5.91 Å². The van der Waals surface area contributed by atoms with E-state index >= 15 is 0 Å². The molecule has 1 heterocycles. The first-order chi connectivity index (χ1) is 9.04. The third-order valence-electron chi connectivity index (χ3n) is 3.71. The van der Waals surface area contributed by atoms with E-state index in [1.54, 1.807) is 6.07 Å². The molecule has 19 heavy (non-hydrogen) atoms. The number of benzene rings is 1. The van der Waals surface area contributed by atoms with Crippen LogP contribution in [-0.4, -0.2) is 30.4 Å². The minimum atomic E-state index is 0.0555. The van der Waals surface area contributed by atoms with Crippen LogP contribution >= 0.6 is 11.6 Å². The summed E-state index contributed by atoms with van der Waals surface area (Å²) in [6.07, 6.45) is 2.38. The molecule has 0 unspecified atom stereocenters. The Hall–Kier alpha value is -1.06. The third kappa shape index (κ3) is 4.22. The Labute approximate surface area is 119 Å². The van der Waals surface area contributed by atoms with E-state index in [-0.39, 0.29) is 5.91 Å². The summed E-state index contributed by atoms with van der Waals surface area (Å²) in [5.41, 5.74) is 1.84. The first-order valence-electron chi connectivity index (χ1n) is 6.83. The Morgan fingerprint density at radius 1 is 1.42 bits per heavy atom. The molecule has 2 rings (SSSR count). The van der Waals surface area contributed by atoms with Crippen LogP contribution in [0.4, 0.5) is 5.69 Å². The predicted octanol–water partition coefficient (Wildman–Crippen LogP) is 3.32. The number of halogens is 1. The van der Waals surface area contributed by atoms with Crippen molar-refractivity contribution in [3.05, 3.63) is 28.8 Å². The number of nitrogens with one attached hydrogen (secondary N) is 1. The Kier molecular flexibility index (Phi) is 4.83. The smallest absolute Gasteiger partial charge is 0.238 e. The van der Waals surface area contributed by atoms with E-state index in [0.717, 1.165) is 30.3 Å². The lowest BCUT2D eigenvalue weighted by Crippen LogP contribution is -2.38. The highest BCUT2D eigenvalue weighted by atomic mass is 35.5. The van der Waals surface area contributed by atoms with Gasteiger partial charge < -0.3 is 5.32 Å². The van der Waals surface area contributed by atoms with Crippen molar-refractivity contribution in [2.75, 3.05) is 25.0 Å². The number of carbonyl (C=O) groups is 1. The fourth-order valence-electron chi connectivity index (χ4n) is 2.38. The molecule has 0 bridgehead atoms. The Morgan fingerprint density at radius 2 is 2.11 bits per heavy atom. The monoisotopic (exact) mass is 280 g/mol. The van der Waals surface area contributed by atoms with E-state index in [9.17, 15) is 4.79 Å². The lowest BCUT2D eigenvalue weighted by Gasteiger charge is -2.29. The molecule has 0 aromatic heterocycles. The quantitative estimate of drug-likeness (QED) is 0.921. The molecule has 1 aliphatic rings. The summed E-state index contributed by atoms with van der Waals surface area (Å²) in [7, 11) is 0. The van der Waals surface area contributed by atoms with Gasteiger partial charge in [0.1, 0.15) is 0 Å². The normalized spacial score (nSPS) is 17.4. The molecule has 1 saturated heterocycles. The minimum Gasteiger partial charge on any atom is -0.325 e. The standard InChI is InChI=1S/C15H21ClN2O/c1-11-5-7-18(8-6-11)10-15(19)17-14-4-3-13(16)9-12(14)2/h3-4,9,11H,5-8,10H2,1-2H3,(H,17,19). The molecule has 0 spiro atoms. The van der Waals surface area contributed by atoms with Crippen LogP contribution < -0.4 is 5.32 Å². The van der Waals surface area contributed by atoms with Gasteiger partial charge in [0.15, 0.2) is 0 Å². The van der Waals surface area contributed by atoms with E-state index in [4.69, 9.17) is 11.6 Å². The number of aryl methyl sites for hydroxylation is 1. The van der Waals surface area contributed by atoms with Gasteiger partial charge in [-0.2, -0.15) is 0 Å². The van der Waals surface area contributed by atoms with E-state index in [0.29, 0.717) is 11.6 Å². The highest BCUT2D eigenvalue weighted by Crippen LogP contribution is 2.20. The van der Waals surface area contributed by atoms with Gasteiger partial charge >= 0.3 is 0 Å². The first kappa shape index (κ1) is 14.4. The highest BCUT2D eigenvalue weighted by molar-refractivity contribution is 6.30. The average Bonchev–Trinajstić information content (AvgIpc) is 2.36. The molecule has 1 amide bonds. The molecule has 1 fully saturated rings. The molecule has 1 aromatic carbocycles. The van der Waals surface area contributed by atoms with Crippen molar-refractivity contribution in [3.63, 3.8) is 0 Å². The Bertz CT molecular complexity index is 453. The van der Waals surface area contributed by atoms with Crippen LogP contribution in [0.25, 0.3) is 0 Å². The molecule has 3 nitrogen and oxygen atoms in total. The molecule has 0 saturated carbocycles. The van der Waals surface area contributed by atoms with Gasteiger partial charge in [0.25, 0.3) is 0 Å². The number of carbonyl (C=O) groups excluding carboxylic acids is 1. The third-order valence-corrected chi connectivity index (χ3v) is 3.94. The van der Waals surface area contributed by atoms with Crippen molar-refractivity contribution in [1.29, 1.82) is 0 Å². The van der Waals surface area contributed by atoms with Crippen LogP contribution in [0.3, 0.4) is 0 Å². The second-order valence-electron chi connectivity index (χ2n) is 5.47. The fourth-order valence-corrected chi connectivity index (χ4v) is 2.61. The van der Waals surface area contributed by atoms with Gasteiger partial charge in [-0.15, -0.1) is 0 Å². The van der Waals surface area contributed by atoms with E-state index < -0.39 is 0 Å². The van der Waals surface area contributed by atoms with E-state index in [2.05, 4.69) is 17.1 Å². The summed E-state index contributed by atoms with van der Waals surface area (Å²) in [6.45, 7) is 6.75. The number of amides is 1. The summed E-state index contributed by atoms with van der Waals surface area (Å²) in [4.78, 5) is 14.2. The summed E-state index contributed by atoms with van der Waals surface area (Å²) in [5.74, 6) is 0.845. The highest BCUT2D eigenvalue weighted by Gasteiger charge is 2.18. The molecule has 4 heteroatoms. The van der Waals surface area contributed by atoms with Crippen molar-refractivity contribution in [2.24, 2.45) is 5.92 Å². The molecule has 1 aliphatic heterocycles.